The summed E-state index contributed by atoms with van der Waals surface area (Å²) in [7, 11) is 0. The van der Waals surface area contributed by atoms with E-state index in [0.717, 1.165) is 17.5 Å². The second kappa shape index (κ2) is 5.77. The van der Waals surface area contributed by atoms with E-state index in [9.17, 15) is 9.90 Å². The first-order chi connectivity index (χ1) is 9.74. The molecule has 0 aliphatic heterocycles. The summed E-state index contributed by atoms with van der Waals surface area (Å²) >= 11 is 1.64. The maximum atomic E-state index is 12.0. The van der Waals surface area contributed by atoms with Gasteiger partial charge in [-0.15, -0.1) is 0 Å². The number of fused-ring (bicyclic) bond motifs is 1. The first kappa shape index (κ1) is 13.3. The Bertz CT molecular complexity index is 594. The van der Waals surface area contributed by atoms with Crippen molar-refractivity contribution >= 4 is 17.2 Å². The van der Waals surface area contributed by atoms with Crippen LogP contribution in [0.3, 0.4) is 0 Å². The number of aliphatic hydroxyl groups is 1. The third-order valence-corrected chi connectivity index (χ3v) is 4.47. The maximum Gasteiger partial charge on any atom is 0.220 e. The summed E-state index contributed by atoms with van der Waals surface area (Å²) in [6.45, 7) is 0. The molecule has 1 heterocycles. The fourth-order valence-electron chi connectivity index (χ4n) is 2.69. The second-order valence-corrected chi connectivity index (χ2v) is 5.93. The molecule has 1 amide bonds. The SMILES string of the molecule is O=C(CCc1ccsc1)NC1c2ccccc2CC1O. The number of nitrogens with one attached hydrogen (secondary N) is 1. The molecule has 0 radical (unpaired) electrons. The summed E-state index contributed by atoms with van der Waals surface area (Å²) in [6, 6.07) is 9.68. The maximum absolute atomic E-state index is 12.0. The van der Waals surface area contributed by atoms with E-state index in [1.807, 2.05) is 35.7 Å². The highest BCUT2D eigenvalue weighted by atomic mass is 32.1. The van der Waals surface area contributed by atoms with Gasteiger partial charge in [0.25, 0.3) is 0 Å². The Hall–Kier alpha value is -1.65. The van der Waals surface area contributed by atoms with Gasteiger partial charge in [-0.1, -0.05) is 24.3 Å². The van der Waals surface area contributed by atoms with Gasteiger partial charge in [-0.2, -0.15) is 11.3 Å². The van der Waals surface area contributed by atoms with E-state index in [4.69, 9.17) is 0 Å². The molecular formula is C16H17NO2S. The van der Waals surface area contributed by atoms with Crippen molar-refractivity contribution in [2.75, 3.05) is 0 Å². The average Bonchev–Trinajstić information content (AvgIpc) is 3.06. The standard InChI is InChI=1S/C16H17NO2S/c18-14-9-12-3-1-2-4-13(12)16(14)17-15(19)6-5-11-7-8-20-10-11/h1-4,7-8,10,14,16,18H,5-6,9H2,(H,17,19). The molecule has 0 saturated carbocycles. The number of benzene rings is 1. The predicted octanol–water partition coefficient (Wildman–Crippen LogP) is 2.46. The number of thiophene rings is 1. The van der Waals surface area contributed by atoms with Crippen molar-refractivity contribution in [1.29, 1.82) is 0 Å². The Morgan fingerprint density at radius 2 is 2.20 bits per heavy atom. The smallest absolute Gasteiger partial charge is 0.220 e. The lowest BCUT2D eigenvalue weighted by atomic mass is 10.1. The average molecular weight is 287 g/mol. The Morgan fingerprint density at radius 1 is 1.35 bits per heavy atom. The third-order valence-electron chi connectivity index (χ3n) is 3.74. The molecule has 2 N–H and O–H groups in total. The molecule has 4 heteroatoms. The van der Waals surface area contributed by atoms with E-state index in [-0.39, 0.29) is 11.9 Å². The second-order valence-electron chi connectivity index (χ2n) is 5.15. The molecule has 104 valence electrons. The quantitative estimate of drug-likeness (QED) is 0.907. The van der Waals surface area contributed by atoms with Crippen LogP contribution in [-0.2, 0) is 17.6 Å². The van der Waals surface area contributed by atoms with Crippen LogP contribution < -0.4 is 5.32 Å². The van der Waals surface area contributed by atoms with Gasteiger partial charge in [0.15, 0.2) is 0 Å². The van der Waals surface area contributed by atoms with Crippen molar-refractivity contribution in [3.05, 3.63) is 57.8 Å². The number of rotatable bonds is 4. The van der Waals surface area contributed by atoms with Gasteiger partial charge in [-0.05, 0) is 39.9 Å². The fraction of sp³-hybridized carbons (Fsp3) is 0.312. The van der Waals surface area contributed by atoms with Gasteiger partial charge < -0.3 is 10.4 Å². The molecule has 2 aromatic rings. The normalized spacial score (nSPS) is 20.6. The lowest BCUT2D eigenvalue weighted by Crippen LogP contribution is -2.33. The van der Waals surface area contributed by atoms with Gasteiger partial charge in [-0.3, -0.25) is 4.79 Å². The Balaban J connectivity index is 1.61. The summed E-state index contributed by atoms with van der Waals surface area (Å²) in [5.41, 5.74) is 3.37. The van der Waals surface area contributed by atoms with Crippen LogP contribution in [-0.4, -0.2) is 17.1 Å². The topological polar surface area (TPSA) is 49.3 Å². The van der Waals surface area contributed by atoms with Crippen LogP contribution in [0.2, 0.25) is 0 Å². The molecule has 3 nitrogen and oxygen atoms in total. The number of hydrogen-bond donors (Lipinski definition) is 2. The Labute approximate surface area is 122 Å². The first-order valence-electron chi connectivity index (χ1n) is 6.80. The number of carbonyl (C=O) groups is 1. The van der Waals surface area contributed by atoms with E-state index in [0.29, 0.717) is 12.8 Å². The van der Waals surface area contributed by atoms with Crippen LogP contribution in [0.25, 0.3) is 0 Å². The highest BCUT2D eigenvalue weighted by Crippen LogP contribution is 2.31. The van der Waals surface area contributed by atoms with Gasteiger partial charge in [0.05, 0.1) is 12.1 Å². The lowest BCUT2D eigenvalue weighted by Gasteiger charge is -2.17. The summed E-state index contributed by atoms with van der Waals surface area (Å²) < 4.78 is 0. The van der Waals surface area contributed by atoms with Gasteiger partial charge in [0, 0.05) is 12.8 Å². The molecule has 0 spiro atoms. The van der Waals surface area contributed by atoms with Crippen LogP contribution in [0.5, 0.6) is 0 Å². The zero-order valence-corrected chi connectivity index (χ0v) is 11.9. The van der Waals surface area contributed by atoms with Crippen molar-refractivity contribution in [3.8, 4) is 0 Å². The minimum atomic E-state index is -0.516. The van der Waals surface area contributed by atoms with Crippen molar-refractivity contribution in [3.63, 3.8) is 0 Å². The first-order valence-corrected chi connectivity index (χ1v) is 7.74. The number of hydrogen-bond acceptors (Lipinski definition) is 3. The molecule has 0 fully saturated rings. The minimum Gasteiger partial charge on any atom is -0.390 e. The molecular weight excluding hydrogens is 270 g/mol. The van der Waals surface area contributed by atoms with Crippen LogP contribution in [0.1, 0.15) is 29.2 Å². The monoisotopic (exact) mass is 287 g/mol. The van der Waals surface area contributed by atoms with Crippen molar-refractivity contribution in [1.82, 2.24) is 5.32 Å². The van der Waals surface area contributed by atoms with Gasteiger partial charge in [0.2, 0.25) is 5.91 Å². The fourth-order valence-corrected chi connectivity index (χ4v) is 3.39. The third kappa shape index (κ3) is 2.76. The van der Waals surface area contributed by atoms with Crippen LogP contribution in [0, 0.1) is 0 Å². The van der Waals surface area contributed by atoms with Gasteiger partial charge in [-0.25, -0.2) is 0 Å². The van der Waals surface area contributed by atoms with E-state index in [2.05, 4.69) is 10.7 Å². The van der Waals surface area contributed by atoms with Gasteiger partial charge >= 0.3 is 0 Å². The molecule has 2 unspecified atom stereocenters. The zero-order valence-electron chi connectivity index (χ0n) is 11.1. The number of aliphatic hydroxyl groups excluding tert-OH is 1. The van der Waals surface area contributed by atoms with Crippen LogP contribution >= 0.6 is 11.3 Å². The van der Waals surface area contributed by atoms with E-state index < -0.39 is 6.10 Å². The summed E-state index contributed by atoms with van der Waals surface area (Å²) in [5.74, 6) is -0.00282. The molecule has 1 aliphatic carbocycles. The summed E-state index contributed by atoms with van der Waals surface area (Å²) in [5, 5.41) is 17.1. The van der Waals surface area contributed by atoms with Gasteiger partial charge in [0.1, 0.15) is 0 Å². The number of aryl methyl sites for hydroxylation is 1. The number of carbonyl (C=O) groups excluding carboxylic acids is 1. The molecule has 1 aromatic heterocycles. The van der Waals surface area contributed by atoms with E-state index in [1.54, 1.807) is 11.3 Å². The zero-order chi connectivity index (χ0) is 13.9. The molecule has 0 saturated heterocycles. The van der Waals surface area contributed by atoms with E-state index >= 15 is 0 Å². The Kier molecular flexibility index (Phi) is 3.85. The molecule has 20 heavy (non-hydrogen) atoms. The van der Waals surface area contributed by atoms with Crippen LogP contribution in [0.4, 0.5) is 0 Å². The van der Waals surface area contributed by atoms with Crippen LogP contribution in [0.15, 0.2) is 41.1 Å². The minimum absolute atomic E-state index is 0.00282. The Morgan fingerprint density at radius 3 is 3.00 bits per heavy atom. The van der Waals surface area contributed by atoms with Crippen molar-refractivity contribution < 1.29 is 9.90 Å². The number of amides is 1. The summed E-state index contributed by atoms with van der Waals surface area (Å²) in [6.07, 6.45) is 1.31. The predicted molar refractivity (Wildman–Crippen MR) is 79.7 cm³/mol. The summed E-state index contributed by atoms with van der Waals surface area (Å²) in [4.78, 5) is 12.0. The highest BCUT2D eigenvalue weighted by Gasteiger charge is 2.31. The molecule has 0 bridgehead atoms. The molecule has 3 rings (SSSR count). The highest BCUT2D eigenvalue weighted by molar-refractivity contribution is 7.07. The molecule has 1 aromatic carbocycles. The van der Waals surface area contributed by atoms with Crippen molar-refractivity contribution in [2.24, 2.45) is 0 Å². The lowest BCUT2D eigenvalue weighted by molar-refractivity contribution is -0.122. The van der Waals surface area contributed by atoms with E-state index in [1.165, 1.54) is 5.56 Å². The van der Waals surface area contributed by atoms with Crippen molar-refractivity contribution in [2.45, 2.75) is 31.4 Å². The molecule has 1 aliphatic rings. The molecule has 2 atom stereocenters. The largest absolute Gasteiger partial charge is 0.390 e.